The lowest BCUT2D eigenvalue weighted by molar-refractivity contribution is 0.435. The van der Waals surface area contributed by atoms with Crippen LogP contribution in [0.2, 0.25) is 0 Å². The predicted molar refractivity (Wildman–Crippen MR) is 189 cm³/mol. The number of ether oxygens (including phenoxy) is 1. The van der Waals surface area contributed by atoms with Gasteiger partial charge < -0.3 is 4.74 Å². The van der Waals surface area contributed by atoms with Crippen molar-refractivity contribution in [2.75, 3.05) is 0 Å². The zero-order valence-corrected chi connectivity index (χ0v) is 25.3. The minimum Gasteiger partial charge on any atom is -0.457 e. The molecule has 0 fully saturated rings. The summed E-state index contributed by atoms with van der Waals surface area (Å²) < 4.78 is 9.40. The van der Waals surface area contributed by atoms with E-state index in [-0.39, 0.29) is 0 Å². The molecule has 0 spiro atoms. The van der Waals surface area contributed by atoms with Gasteiger partial charge in [0.15, 0.2) is 0 Å². The second-order valence-electron chi connectivity index (χ2n) is 11.7. The van der Waals surface area contributed by atoms with Gasteiger partial charge in [-0.1, -0.05) is 146 Å². The lowest BCUT2D eigenvalue weighted by atomic mass is 9.63. The molecule has 0 saturated heterocycles. The number of fused-ring (bicyclic) bond motifs is 5. The van der Waals surface area contributed by atoms with E-state index < -0.39 is 5.41 Å². The maximum Gasteiger partial charge on any atom is 0.132 e. The molecule has 0 aliphatic carbocycles. The van der Waals surface area contributed by atoms with Gasteiger partial charge in [0.2, 0.25) is 0 Å². The molecular formula is C43H28OS. The van der Waals surface area contributed by atoms with Crippen LogP contribution in [0.5, 0.6) is 11.5 Å². The van der Waals surface area contributed by atoms with Crippen molar-refractivity contribution in [3.63, 3.8) is 0 Å². The van der Waals surface area contributed by atoms with Crippen LogP contribution >= 0.6 is 11.3 Å². The van der Waals surface area contributed by atoms with Crippen LogP contribution in [0.4, 0.5) is 0 Å². The largest absolute Gasteiger partial charge is 0.457 e. The molecule has 1 nitrogen and oxygen atoms in total. The fourth-order valence-electron chi connectivity index (χ4n) is 7.23. The maximum atomic E-state index is 6.75. The van der Waals surface area contributed by atoms with Crippen LogP contribution in [0.1, 0.15) is 22.3 Å². The summed E-state index contributed by atoms with van der Waals surface area (Å²) in [6.07, 6.45) is 0. The summed E-state index contributed by atoms with van der Waals surface area (Å²) in [5.41, 5.74) is 9.02. The zero-order chi connectivity index (χ0) is 29.8. The van der Waals surface area contributed by atoms with Crippen molar-refractivity contribution in [2.24, 2.45) is 0 Å². The summed E-state index contributed by atoms with van der Waals surface area (Å²) in [6.45, 7) is 0. The third kappa shape index (κ3) is 4.00. The zero-order valence-electron chi connectivity index (χ0n) is 24.5. The third-order valence-electron chi connectivity index (χ3n) is 9.22. The summed E-state index contributed by atoms with van der Waals surface area (Å²) in [4.78, 5) is 0. The highest BCUT2D eigenvalue weighted by Crippen LogP contribution is 2.55. The molecule has 9 rings (SSSR count). The average molecular weight is 593 g/mol. The van der Waals surface area contributed by atoms with E-state index in [9.17, 15) is 0 Å². The first-order valence-corrected chi connectivity index (χ1v) is 16.2. The lowest BCUT2D eigenvalue weighted by Gasteiger charge is -2.41. The average Bonchev–Trinajstić information content (AvgIpc) is 3.50. The Balaban J connectivity index is 1.23. The van der Waals surface area contributed by atoms with E-state index in [0.717, 1.165) is 28.2 Å². The van der Waals surface area contributed by atoms with E-state index >= 15 is 0 Å². The van der Waals surface area contributed by atoms with Crippen molar-refractivity contribution < 1.29 is 4.74 Å². The number of rotatable bonds is 4. The minimum absolute atomic E-state index is 0.510. The number of hydrogen-bond acceptors (Lipinski definition) is 2. The summed E-state index contributed by atoms with van der Waals surface area (Å²) >= 11 is 1.87. The van der Waals surface area contributed by atoms with E-state index in [1.54, 1.807) is 0 Å². The topological polar surface area (TPSA) is 9.23 Å². The van der Waals surface area contributed by atoms with E-state index in [4.69, 9.17) is 4.74 Å². The first-order valence-electron chi connectivity index (χ1n) is 15.3. The SMILES string of the molecule is c1ccc(C2(c3ccccc3)c3ccccc3Oc3cc(-c4cccc(-c5cccc6c5sc5ccccc56)c4)ccc32)cc1. The molecule has 212 valence electrons. The van der Waals surface area contributed by atoms with Crippen molar-refractivity contribution in [2.45, 2.75) is 5.41 Å². The Morgan fingerprint density at radius 2 is 1.04 bits per heavy atom. The molecule has 0 atom stereocenters. The normalized spacial score (nSPS) is 13.2. The van der Waals surface area contributed by atoms with Crippen LogP contribution in [0.25, 0.3) is 42.4 Å². The highest BCUT2D eigenvalue weighted by atomic mass is 32.1. The van der Waals surface area contributed by atoms with E-state index in [0.29, 0.717) is 0 Å². The first kappa shape index (κ1) is 26.0. The summed E-state index contributed by atoms with van der Waals surface area (Å²) in [5, 5.41) is 2.64. The highest BCUT2D eigenvalue weighted by Gasteiger charge is 2.45. The Bertz CT molecular complexity index is 2310. The van der Waals surface area contributed by atoms with Crippen molar-refractivity contribution in [3.05, 3.63) is 192 Å². The van der Waals surface area contributed by atoms with E-state index in [2.05, 4.69) is 170 Å². The molecule has 7 aromatic carbocycles. The molecule has 2 heterocycles. The number of benzene rings is 7. The molecule has 2 heteroatoms. The second-order valence-corrected chi connectivity index (χ2v) is 12.7. The summed E-state index contributed by atoms with van der Waals surface area (Å²) in [6, 6.07) is 61.2. The van der Waals surface area contributed by atoms with Gasteiger partial charge in [-0.3, -0.25) is 0 Å². The molecular weight excluding hydrogens is 565 g/mol. The van der Waals surface area contributed by atoms with E-state index in [1.807, 2.05) is 11.3 Å². The molecule has 8 aromatic rings. The minimum atomic E-state index is -0.510. The predicted octanol–water partition coefficient (Wildman–Crippen LogP) is 11.9. The standard InChI is InChI=1S/C43H28OS/c1-3-15-32(16-4-1)43(33-17-5-2-6-18-33)37-22-8-9-23-39(37)44-40-28-30(25-26-38(40)43)29-13-11-14-31(27-29)34-20-12-21-36-35-19-7-10-24-41(35)45-42(34)36/h1-28H. The van der Waals surface area contributed by atoms with Gasteiger partial charge in [-0.15, -0.1) is 11.3 Å². The lowest BCUT2D eigenvalue weighted by Crippen LogP contribution is -2.34. The van der Waals surface area contributed by atoms with Crippen LogP contribution < -0.4 is 4.74 Å². The molecule has 0 unspecified atom stereocenters. The van der Waals surface area contributed by atoms with Gasteiger partial charge in [0.05, 0.1) is 5.41 Å². The van der Waals surface area contributed by atoms with Crippen LogP contribution in [0, 0.1) is 0 Å². The monoisotopic (exact) mass is 592 g/mol. The Labute approximate surface area is 266 Å². The Kier molecular flexibility index (Phi) is 5.97. The van der Waals surface area contributed by atoms with Crippen LogP contribution in [0.15, 0.2) is 170 Å². The Hall–Kier alpha value is -5.44. The molecule has 0 N–H and O–H groups in total. The molecule has 0 saturated carbocycles. The molecule has 0 bridgehead atoms. The van der Waals surface area contributed by atoms with Gasteiger partial charge in [-0.05, 0) is 57.6 Å². The Morgan fingerprint density at radius 3 is 1.87 bits per heavy atom. The van der Waals surface area contributed by atoms with Crippen LogP contribution in [-0.2, 0) is 5.41 Å². The van der Waals surface area contributed by atoms with Gasteiger partial charge in [-0.2, -0.15) is 0 Å². The van der Waals surface area contributed by atoms with Gasteiger partial charge in [-0.25, -0.2) is 0 Å². The Morgan fingerprint density at radius 1 is 0.422 bits per heavy atom. The smallest absolute Gasteiger partial charge is 0.132 e. The van der Waals surface area contributed by atoms with Crippen molar-refractivity contribution >= 4 is 31.5 Å². The fourth-order valence-corrected chi connectivity index (χ4v) is 8.47. The van der Waals surface area contributed by atoms with Crippen molar-refractivity contribution in [3.8, 4) is 33.8 Å². The fraction of sp³-hybridized carbons (Fsp3) is 0.0233. The molecule has 0 radical (unpaired) electrons. The van der Waals surface area contributed by atoms with E-state index in [1.165, 1.54) is 48.0 Å². The molecule has 1 aromatic heterocycles. The quantitative estimate of drug-likeness (QED) is 0.197. The van der Waals surface area contributed by atoms with Gasteiger partial charge in [0, 0.05) is 31.3 Å². The summed E-state index contributed by atoms with van der Waals surface area (Å²) in [7, 11) is 0. The van der Waals surface area contributed by atoms with Crippen LogP contribution in [0.3, 0.4) is 0 Å². The molecule has 1 aliphatic rings. The summed E-state index contributed by atoms with van der Waals surface area (Å²) in [5.74, 6) is 1.77. The van der Waals surface area contributed by atoms with Crippen molar-refractivity contribution in [1.29, 1.82) is 0 Å². The highest BCUT2D eigenvalue weighted by molar-refractivity contribution is 7.26. The molecule has 0 amide bonds. The van der Waals surface area contributed by atoms with Crippen LogP contribution in [-0.4, -0.2) is 0 Å². The van der Waals surface area contributed by atoms with Gasteiger partial charge >= 0.3 is 0 Å². The first-order chi connectivity index (χ1) is 22.3. The van der Waals surface area contributed by atoms with Crippen molar-refractivity contribution in [1.82, 2.24) is 0 Å². The second kappa shape index (κ2) is 10.3. The number of para-hydroxylation sites is 1. The van der Waals surface area contributed by atoms with Gasteiger partial charge in [0.1, 0.15) is 11.5 Å². The molecule has 1 aliphatic heterocycles. The molecule has 45 heavy (non-hydrogen) atoms. The maximum absolute atomic E-state index is 6.75. The third-order valence-corrected chi connectivity index (χ3v) is 10.4. The number of hydrogen-bond donors (Lipinski definition) is 0. The van der Waals surface area contributed by atoms with Gasteiger partial charge in [0.25, 0.3) is 0 Å². The number of thiophene rings is 1.